The van der Waals surface area contributed by atoms with Gasteiger partial charge in [0.2, 0.25) is 0 Å². The van der Waals surface area contributed by atoms with Gasteiger partial charge in [0, 0.05) is 29.2 Å². The minimum atomic E-state index is 0.248. The van der Waals surface area contributed by atoms with Gasteiger partial charge in [-0.3, -0.25) is 4.98 Å². The fraction of sp³-hybridized carbons (Fsp3) is 0.400. The molecule has 0 spiro atoms. The van der Waals surface area contributed by atoms with Crippen LogP contribution in [0.4, 0.5) is 0 Å². The van der Waals surface area contributed by atoms with E-state index in [1.165, 1.54) is 10.4 Å². The lowest BCUT2D eigenvalue weighted by atomic mass is 10.1. The number of thiophene rings is 1. The number of likely N-dealkylation sites (N-methyl/N-ethyl adjacent to an activating group) is 1. The van der Waals surface area contributed by atoms with Gasteiger partial charge < -0.3 is 5.32 Å². The van der Waals surface area contributed by atoms with Gasteiger partial charge in [-0.25, -0.2) is 0 Å². The summed E-state index contributed by atoms with van der Waals surface area (Å²) in [6, 6.07) is 6.48. The molecule has 0 amide bonds. The molecule has 19 heavy (non-hydrogen) atoms. The zero-order valence-corrected chi connectivity index (χ0v) is 12.9. The van der Waals surface area contributed by atoms with Crippen LogP contribution in [0.5, 0.6) is 0 Å². The third-order valence-corrected chi connectivity index (χ3v) is 4.59. The van der Waals surface area contributed by atoms with Gasteiger partial charge in [-0.05, 0) is 36.0 Å². The Morgan fingerprint density at radius 3 is 2.68 bits per heavy atom. The minimum absolute atomic E-state index is 0.248. The molecule has 0 bridgehead atoms. The second kappa shape index (κ2) is 7.04. The number of rotatable bonds is 6. The molecule has 0 saturated carbocycles. The van der Waals surface area contributed by atoms with Gasteiger partial charge in [0.15, 0.2) is 0 Å². The molecule has 0 aliphatic rings. The summed E-state index contributed by atoms with van der Waals surface area (Å²) < 4.78 is 0. The van der Waals surface area contributed by atoms with Crippen molar-refractivity contribution >= 4 is 22.9 Å². The smallest absolute Gasteiger partial charge is 0.0561 e. The van der Waals surface area contributed by atoms with Crippen LogP contribution in [0.1, 0.15) is 36.0 Å². The summed E-state index contributed by atoms with van der Waals surface area (Å²) in [5.74, 6) is 0. The number of hydrogen-bond acceptors (Lipinski definition) is 3. The van der Waals surface area contributed by atoms with E-state index in [0.29, 0.717) is 0 Å². The van der Waals surface area contributed by atoms with E-state index in [1.807, 2.05) is 17.6 Å². The monoisotopic (exact) mass is 294 g/mol. The van der Waals surface area contributed by atoms with Gasteiger partial charge in [0.1, 0.15) is 0 Å². The van der Waals surface area contributed by atoms with Crippen molar-refractivity contribution in [3.05, 3.63) is 50.9 Å². The van der Waals surface area contributed by atoms with Crippen molar-refractivity contribution in [3.8, 4) is 0 Å². The van der Waals surface area contributed by atoms with Gasteiger partial charge in [0.05, 0.1) is 5.02 Å². The molecule has 2 aromatic heterocycles. The third-order valence-electron chi connectivity index (χ3n) is 3.12. The Morgan fingerprint density at radius 1 is 1.32 bits per heavy atom. The highest BCUT2D eigenvalue weighted by atomic mass is 35.5. The number of nitrogens with one attached hydrogen (secondary N) is 1. The molecule has 0 fully saturated rings. The topological polar surface area (TPSA) is 24.9 Å². The lowest BCUT2D eigenvalue weighted by Gasteiger charge is -2.16. The Kier molecular flexibility index (Phi) is 5.37. The predicted molar refractivity (Wildman–Crippen MR) is 83.1 cm³/mol. The highest BCUT2D eigenvalue weighted by molar-refractivity contribution is 7.10. The number of hydrogen-bond donors (Lipinski definition) is 1. The highest BCUT2D eigenvalue weighted by Crippen LogP contribution is 2.30. The van der Waals surface area contributed by atoms with E-state index >= 15 is 0 Å². The highest BCUT2D eigenvalue weighted by Gasteiger charge is 2.16. The van der Waals surface area contributed by atoms with Crippen LogP contribution in [0.2, 0.25) is 5.02 Å². The average molecular weight is 295 g/mol. The SMILES string of the molecule is CCNC(Cc1ccc(CC)cn1)c1sccc1Cl. The number of pyridine rings is 1. The molecule has 4 heteroatoms. The van der Waals surface area contributed by atoms with Crippen LogP contribution < -0.4 is 5.32 Å². The molecule has 1 unspecified atom stereocenters. The zero-order valence-electron chi connectivity index (χ0n) is 11.3. The van der Waals surface area contributed by atoms with Crippen molar-refractivity contribution in [2.75, 3.05) is 6.54 Å². The molecule has 2 heterocycles. The van der Waals surface area contributed by atoms with Crippen molar-refractivity contribution < 1.29 is 0 Å². The van der Waals surface area contributed by atoms with Crippen molar-refractivity contribution in [2.45, 2.75) is 32.7 Å². The molecule has 2 nitrogen and oxygen atoms in total. The first-order chi connectivity index (χ1) is 9.24. The fourth-order valence-corrected chi connectivity index (χ4v) is 3.32. The summed E-state index contributed by atoms with van der Waals surface area (Å²) in [4.78, 5) is 5.73. The summed E-state index contributed by atoms with van der Waals surface area (Å²) in [5, 5.41) is 6.37. The molecule has 2 rings (SSSR count). The van der Waals surface area contributed by atoms with Gasteiger partial charge in [0.25, 0.3) is 0 Å². The maximum Gasteiger partial charge on any atom is 0.0561 e. The molecule has 0 aromatic carbocycles. The summed E-state index contributed by atoms with van der Waals surface area (Å²) in [5.41, 5.74) is 2.38. The van der Waals surface area contributed by atoms with Crippen molar-refractivity contribution in [1.29, 1.82) is 0 Å². The summed E-state index contributed by atoms with van der Waals surface area (Å²) in [6.07, 6.45) is 3.87. The average Bonchev–Trinajstić information content (AvgIpc) is 2.85. The summed E-state index contributed by atoms with van der Waals surface area (Å²) >= 11 is 7.94. The maximum absolute atomic E-state index is 6.23. The molecule has 1 atom stereocenters. The first kappa shape index (κ1) is 14.5. The molecule has 2 aromatic rings. The summed E-state index contributed by atoms with van der Waals surface area (Å²) in [7, 11) is 0. The van der Waals surface area contributed by atoms with E-state index in [1.54, 1.807) is 11.3 Å². The van der Waals surface area contributed by atoms with E-state index in [2.05, 4.69) is 36.3 Å². The molecule has 0 saturated heterocycles. The van der Waals surface area contributed by atoms with E-state index in [4.69, 9.17) is 11.6 Å². The zero-order chi connectivity index (χ0) is 13.7. The number of aromatic nitrogens is 1. The predicted octanol–water partition coefficient (Wildman–Crippen LogP) is 4.25. The van der Waals surface area contributed by atoms with Gasteiger partial charge in [-0.15, -0.1) is 11.3 Å². The molecule has 0 radical (unpaired) electrons. The van der Waals surface area contributed by atoms with Crippen LogP contribution in [-0.4, -0.2) is 11.5 Å². The lowest BCUT2D eigenvalue weighted by Crippen LogP contribution is -2.22. The van der Waals surface area contributed by atoms with E-state index < -0.39 is 0 Å². The number of halogens is 1. The Labute approximate surface area is 123 Å². The molecular formula is C15H19ClN2S. The largest absolute Gasteiger partial charge is 0.309 e. The van der Waals surface area contributed by atoms with E-state index in [-0.39, 0.29) is 6.04 Å². The minimum Gasteiger partial charge on any atom is -0.309 e. The Morgan fingerprint density at radius 2 is 2.16 bits per heavy atom. The van der Waals surface area contributed by atoms with Gasteiger partial charge in [-0.1, -0.05) is 31.5 Å². The molecule has 1 N–H and O–H groups in total. The standard InChI is InChI=1S/C15H19ClN2S/c1-3-11-5-6-12(18-10-11)9-14(17-4-2)15-13(16)7-8-19-15/h5-8,10,14,17H,3-4,9H2,1-2H3. The first-order valence-electron chi connectivity index (χ1n) is 6.64. The number of aryl methyl sites for hydroxylation is 1. The second-order valence-electron chi connectivity index (χ2n) is 4.46. The maximum atomic E-state index is 6.23. The van der Waals surface area contributed by atoms with Crippen molar-refractivity contribution in [2.24, 2.45) is 0 Å². The van der Waals surface area contributed by atoms with Crippen LogP contribution in [0.15, 0.2) is 29.8 Å². The second-order valence-corrected chi connectivity index (χ2v) is 5.81. The Hall–Kier alpha value is -0.900. The fourth-order valence-electron chi connectivity index (χ4n) is 2.05. The van der Waals surface area contributed by atoms with E-state index in [0.717, 1.165) is 30.1 Å². The van der Waals surface area contributed by atoms with Crippen LogP contribution in [0.3, 0.4) is 0 Å². The van der Waals surface area contributed by atoms with Crippen LogP contribution in [0.25, 0.3) is 0 Å². The van der Waals surface area contributed by atoms with Crippen LogP contribution in [0, 0.1) is 0 Å². The van der Waals surface area contributed by atoms with Crippen LogP contribution >= 0.6 is 22.9 Å². The normalized spacial score (nSPS) is 12.6. The number of nitrogens with zero attached hydrogens (tertiary/aromatic N) is 1. The van der Waals surface area contributed by atoms with Gasteiger partial charge >= 0.3 is 0 Å². The Balaban J connectivity index is 2.14. The van der Waals surface area contributed by atoms with Gasteiger partial charge in [-0.2, -0.15) is 0 Å². The van der Waals surface area contributed by atoms with E-state index in [9.17, 15) is 0 Å². The van der Waals surface area contributed by atoms with Crippen molar-refractivity contribution in [1.82, 2.24) is 10.3 Å². The van der Waals surface area contributed by atoms with Crippen LogP contribution in [-0.2, 0) is 12.8 Å². The lowest BCUT2D eigenvalue weighted by molar-refractivity contribution is 0.552. The molecule has 102 valence electrons. The molecule has 0 aliphatic heterocycles. The first-order valence-corrected chi connectivity index (χ1v) is 7.90. The third kappa shape index (κ3) is 3.78. The van der Waals surface area contributed by atoms with Crippen molar-refractivity contribution in [3.63, 3.8) is 0 Å². The molecular weight excluding hydrogens is 276 g/mol. The summed E-state index contributed by atoms with van der Waals surface area (Å²) in [6.45, 7) is 5.18. The Bertz CT molecular complexity index is 507. The quantitative estimate of drug-likeness (QED) is 0.861. The molecule has 0 aliphatic carbocycles.